The molecule has 2 N–H and O–H groups in total. The second-order valence-corrected chi connectivity index (χ2v) is 7.85. The minimum atomic E-state index is -3.39. The molecule has 0 unspecified atom stereocenters. The lowest BCUT2D eigenvalue weighted by molar-refractivity contribution is 0.377. The van der Waals surface area contributed by atoms with Gasteiger partial charge in [0.05, 0.1) is 6.26 Å². The van der Waals surface area contributed by atoms with E-state index in [1.807, 2.05) is 6.07 Å². The van der Waals surface area contributed by atoms with Crippen LogP contribution in [-0.2, 0) is 24.1 Å². The summed E-state index contributed by atoms with van der Waals surface area (Å²) in [6.45, 7) is 0. The Morgan fingerprint density at radius 1 is 1.12 bits per heavy atom. The average molecular weight is 355 g/mol. The van der Waals surface area contributed by atoms with Crippen molar-refractivity contribution >= 4 is 15.8 Å². The predicted octanol–water partition coefficient (Wildman–Crippen LogP) is -0.772. The van der Waals surface area contributed by atoms with Crippen molar-refractivity contribution in [1.82, 2.24) is 13.9 Å². The number of hydrogen-bond donors (Lipinski definition) is 2. The zero-order valence-electron chi connectivity index (χ0n) is 13.9. The van der Waals surface area contributed by atoms with E-state index < -0.39 is 21.3 Å². The maximum Gasteiger partial charge on any atom is 0.332 e. The molecule has 0 bridgehead atoms. The molecular formula is C14H21N5O4S. The lowest BCUT2D eigenvalue weighted by Crippen LogP contribution is -2.49. The summed E-state index contributed by atoms with van der Waals surface area (Å²) in [4.78, 5) is 24.2. The number of nitrogens with zero attached hydrogens (tertiary/aromatic N) is 3. The van der Waals surface area contributed by atoms with Crippen molar-refractivity contribution in [2.75, 3.05) is 11.6 Å². The number of sulfonamides is 1. The van der Waals surface area contributed by atoms with Crippen LogP contribution in [0.4, 0.5) is 5.82 Å². The Morgan fingerprint density at radius 2 is 1.71 bits per heavy atom. The monoisotopic (exact) mass is 355 g/mol. The molecule has 132 valence electrons. The van der Waals surface area contributed by atoms with Gasteiger partial charge in [-0.15, -0.1) is 0 Å². The molecule has 0 amide bonds. The molecule has 1 aromatic heterocycles. The predicted molar refractivity (Wildman–Crippen MR) is 89.3 cm³/mol. The van der Waals surface area contributed by atoms with Crippen molar-refractivity contribution in [1.29, 1.82) is 5.26 Å². The standard InChI is InChI=1S/C14H21N5O4S/c1-18-12(9(8-15)13(20)19(2)14(18)21)16-10-6-4-5-7-11(10)17-24(3,22)23/h10-11,16-17H,4-7H2,1-3H3/t10-,11-/m0/s1. The number of hydrogen-bond acceptors (Lipinski definition) is 6. The van der Waals surface area contributed by atoms with Crippen LogP contribution in [0, 0.1) is 11.3 Å². The van der Waals surface area contributed by atoms with E-state index in [1.165, 1.54) is 18.7 Å². The molecule has 0 saturated heterocycles. The fourth-order valence-electron chi connectivity index (χ4n) is 3.01. The number of anilines is 1. The van der Waals surface area contributed by atoms with E-state index in [1.54, 1.807) is 0 Å². The fourth-order valence-corrected chi connectivity index (χ4v) is 3.84. The van der Waals surface area contributed by atoms with Crippen LogP contribution in [0.3, 0.4) is 0 Å². The molecule has 9 nitrogen and oxygen atoms in total. The maximum absolute atomic E-state index is 12.1. The minimum absolute atomic E-state index is 0.123. The largest absolute Gasteiger partial charge is 0.366 e. The number of rotatable bonds is 4. The minimum Gasteiger partial charge on any atom is -0.366 e. The highest BCUT2D eigenvalue weighted by Crippen LogP contribution is 2.23. The lowest BCUT2D eigenvalue weighted by atomic mass is 9.91. The normalized spacial score (nSPS) is 21.2. The molecule has 0 spiro atoms. The highest BCUT2D eigenvalue weighted by Gasteiger charge is 2.29. The molecule has 1 aliphatic rings. The van der Waals surface area contributed by atoms with Crippen LogP contribution in [0.2, 0.25) is 0 Å². The number of nitrogens with one attached hydrogen (secondary N) is 2. The van der Waals surface area contributed by atoms with Crippen molar-refractivity contribution in [2.24, 2.45) is 14.1 Å². The quantitative estimate of drug-likeness (QED) is 0.730. The third-order valence-corrected chi connectivity index (χ3v) is 4.96. The van der Waals surface area contributed by atoms with Crippen molar-refractivity contribution in [2.45, 2.75) is 37.8 Å². The number of nitriles is 1. The van der Waals surface area contributed by atoms with Crippen molar-refractivity contribution in [3.8, 4) is 6.07 Å². The Bertz CT molecular complexity index is 893. The van der Waals surface area contributed by atoms with E-state index in [-0.39, 0.29) is 23.5 Å². The van der Waals surface area contributed by atoms with Crippen LogP contribution in [0.1, 0.15) is 31.2 Å². The first-order valence-corrected chi connectivity index (χ1v) is 9.49. The van der Waals surface area contributed by atoms with Gasteiger partial charge in [0.15, 0.2) is 5.56 Å². The van der Waals surface area contributed by atoms with Crippen LogP contribution in [0.25, 0.3) is 0 Å². The molecule has 2 atom stereocenters. The topological polar surface area (TPSA) is 126 Å². The summed E-state index contributed by atoms with van der Waals surface area (Å²) in [6.07, 6.45) is 4.17. The summed E-state index contributed by atoms with van der Waals surface area (Å²) in [7, 11) is -0.613. The molecule has 24 heavy (non-hydrogen) atoms. The summed E-state index contributed by atoms with van der Waals surface area (Å²) in [5.41, 5.74) is -1.39. The Balaban J connectivity index is 2.44. The van der Waals surface area contributed by atoms with Gasteiger partial charge in [-0.2, -0.15) is 5.26 Å². The average Bonchev–Trinajstić information content (AvgIpc) is 2.51. The molecule has 1 aliphatic carbocycles. The summed E-state index contributed by atoms with van der Waals surface area (Å²) in [6, 6.07) is 1.16. The van der Waals surface area contributed by atoms with E-state index in [9.17, 15) is 23.3 Å². The SMILES string of the molecule is Cn1c(N[C@H]2CCCC[C@@H]2NS(C)(=O)=O)c(C#N)c(=O)n(C)c1=O. The van der Waals surface area contributed by atoms with Gasteiger partial charge in [0.1, 0.15) is 11.9 Å². The van der Waals surface area contributed by atoms with Crippen LogP contribution >= 0.6 is 0 Å². The smallest absolute Gasteiger partial charge is 0.332 e. The van der Waals surface area contributed by atoms with Crippen molar-refractivity contribution in [3.63, 3.8) is 0 Å². The van der Waals surface area contributed by atoms with Gasteiger partial charge in [0, 0.05) is 26.2 Å². The Morgan fingerprint density at radius 3 is 2.25 bits per heavy atom. The Labute approximate surface area is 140 Å². The van der Waals surface area contributed by atoms with E-state index in [0.29, 0.717) is 12.8 Å². The second kappa shape index (κ2) is 6.78. The van der Waals surface area contributed by atoms with E-state index >= 15 is 0 Å². The Kier molecular flexibility index (Phi) is 5.15. The fraction of sp³-hybridized carbons (Fsp3) is 0.643. The molecule has 2 rings (SSSR count). The zero-order valence-corrected chi connectivity index (χ0v) is 14.7. The molecule has 0 radical (unpaired) electrons. The highest BCUT2D eigenvalue weighted by molar-refractivity contribution is 7.88. The molecule has 1 aromatic rings. The lowest BCUT2D eigenvalue weighted by Gasteiger charge is -2.33. The zero-order chi connectivity index (χ0) is 18.1. The van der Waals surface area contributed by atoms with Crippen LogP contribution in [-0.4, -0.2) is 35.9 Å². The summed E-state index contributed by atoms with van der Waals surface area (Å²) >= 11 is 0. The van der Waals surface area contributed by atoms with Crippen molar-refractivity contribution < 1.29 is 8.42 Å². The summed E-state index contributed by atoms with van der Waals surface area (Å²) < 4.78 is 27.7. The first-order chi connectivity index (χ1) is 11.2. The van der Waals surface area contributed by atoms with Gasteiger partial charge in [-0.1, -0.05) is 12.8 Å². The van der Waals surface area contributed by atoms with E-state index in [4.69, 9.17) is 0 Å². The molecule has 10 heteroatoms. The summed E-state index contributed by atoms with van der Waals surface area (Å²) in [5.74, 6) is 0.123. The first kappa shape index (κ1) is 18.2. The Hall–Kier alpha value is -2.12. The molecule has 1 saturated carbocycles. The molecule has 0 aromatic carbocycles. The van der Waals surface area contributed by atoms with Crippen LogP contribution < -0.4 is 21.3 Å². The van der Waals surface area contributed by atoms with Crippen LogP contribution in [0.5, 0.6) is 0 Å². The van der Waals surface area contributed by atoms with Gasteiger partial charge >= 0.3 is 5.69 Å². The molecule has 0 aliphatic heterocycles. The van der Waals surface area contributed by atoms with E-state index in [0.717, 1.165) is 23.7 Å². The van der Waals surface area contributed by atoms with Gasteiger partial charge < -0.3 is 5.32 Å². The molecule has 1 fully saturated rings. The highest BCUT2D eigenvalue weighted by atomic mass is 32.2. The van der Waals surface area contributed by atoms with Gasteiger partial charge in [-0.05, 0) is 12.8 Å². The third kappa shape index (κ3) is 3.68. The summed E-state index contributed by atoms with van der Waals surface area (Å²) in [5, 5.41) is 12.3. The van der Waals surface area contributed by atoms with Gasteiger partial charge in [0.2, 0.25) is 10.0 Å². The number of aromatic nitrogens is 2. The third-order valence-electron chi connectivity index (χ3n) is 4.23. The van der Waals surface area contributed by atoms with Crippen LogP contribution in [0.15, 0.2) is 9.59 Å². The van der Waals surface area contributed by atoms with E-state index in [2.05, 4.69) is 10.0 Å². The van der Waals surface area contributed by atoms with Gasteiger partial charge in [0.25, 0.3) is 5.56 Å². The maximum atomic E-state index is 12.1. The van der Waals surface area contributed by atoms with Gasteiger partial charge in [-0.25, -0.2) is 17.9 Å². The van der Waals surface area contributed by atoms with Gasteiger partial charge in [-0.3, -0.25) is 13.9 Å². The molecular weight excluding hydrogens is 334 g/mol. The van der Waals surface area contributed by atoms with Crippen molar-refractivity contribution in [3.05, 3.63) is 26.4 Å². The first-order valence-electron chi connectivity index (χ1n) is 7.59. The molecule has 1 heterocycles. The second-order valence-electron chi connectivity index (χ2n) is 6.07.